The number of hydrogen-bond acceptors (Lipinski definition) is 3. The first-order valence-electron chi connectivity index (χ1n) is 14.2. The molecule has 0 saturated carbocycles. The summed E-state index contributed by atoms with van der Waals surface area (Å²) in [5, 5.41) is 0. The lowest BCUT2D eigenvalue weighted by atomic mass is 9.70. The summed E-state index contributed by atoms with van der Waals surface area (Å²) in [5.74, 6) is 1.75. The maximum Gasteiger partial charge on any atom is 0.141 e. The van der Waals surface area contributed by atoms with Crippen LogP contribution in [0.1, 0.15) is 116 Å². The summed E-state index contributed by atoms with van der Waals surface area (Å²) < 4.78 is 7.00. The van der Waals surface area contributed by atoms with E-state index in [1.807, 2.05) is 0 Å². The Bertz CT molecular complexity index is 1130. The molecule has 3 nitrogen and oxygen atoms in total. The third-order valence-electron chi connectivity index (χ3n) is 8.02. The zero-order chi connectivity index (χ0) is 28.8. The minimum Gasteiger partial charge on any atom is -0.455 e. The Kier molecular flexibility index (Phi) is 8.75. The molecule has 0 bridgehead atoms. The van der Waals surface area contributed by atoms with E-state index in [4.69, 9.17) is 29.2 Å². The van der Waals surface area contributed by atoms with Crippen molar-refractivity contribution in [2.45, 2.75) is 99.3 Å². The van der Waals surface area contributed by atoms with E-state index in [1.54, 1.807) is 0 Å². The number of nitrogens with zero attached hydrogens (tertiary/aromatic N) is 2. The van der Waals surface area contributed by atoms with Gasteiger partial charge in [-0.15, -0.1) is 0 Å². The summed E-state index contributed by atoms with van der Waals surface area (Å²) in [6, 6.07) is 9.20. The van der Waals surface area contributed by atoms with Crippen LogP contribution in [0.25, 0.3) is 0 Å². The molecule has 0 aliphatic carbocycles. The maximum absolute atomic E-state index is 7.00. The third-order valence-corrected chi connectivity index (χ3v) is 8.98. The fourth-order valence-corrected chi connectivity index (χ4v) is 6.02. The highest BCUT2D eigenvalue weighted by molar-refractivity contribution is 7.81. The molecule has 0 fully saturated rings. The van der Waals surface area contributed by atoms with Crippen LogP contribution >= 0.6 is 24.4 Å². The molecule has 0 amide bonds. The number of hydrogen-bond donors (Lipinski definition) is 0. The van der Waals surface area contributed by atoms with Crippen LogP contribution in [0.3, 0.4) is 0 Å². The minimum absolute atomic E-state index is 0.0260. The van der Waals surface area contributed by atoms with E-state index in [0.29, 0.717) is 0 Å². The van der Waals surface area contributed by atoms with E-state index in [0.717, 1.165) is 58.8 Å². The fraction of sp³-hybridized carbons (Fsp3) is 0.576. The van der Waals surface area contributed by atoms with Crippen LogP contribution in [0.2, 0.25) is 0 Å². The topological polar surface area (TPSA) is 15.7 Å². The Morgan fingerprint density at radius 3 is 1.24 bits per heavy atom. The van der Waals surface area contributed by atoms with Crippen molar-refractivity contribution in [1.82, 2.24) is 9.80 Å². The first-order valence-corrected chi connectivity index (χ1v) is 15.0. The molecule has 1 heterocycles. The van der Waals surface area contributed by atoms with Crippen LogP contribution in [0.4, 0.5) is 0 Å². The fourth-order valence-electron chi connectivity index (χ4n) is 5.20. The SMILES string of the molecule is CCN(CC)C(=S)c1cc(C(C)(C)C)cc2c1Oc1c(C(=S)N(CC)CC)cc(C(C)(C)C)cc1C2(C)C. The van der Waals surface area contributed by atoms with Gasteiger partial charge in [-0.05, 0) is 61.8 Å². The number of ether oxygens (including phenoxy) is 1. The lowest BCUT2D eigenvalue weighted by molar-refractivity contribution is 0.407. The molecule has 1 aliphatic heterocycles. The molecule has 2 aromatic carbocycles. The van der Waals surface area contributed by atoms with E-state index in [9.17, 15) is 0 Å². The second kappa shape index (κ2) is 10.9. The van der Waals surface area contributed by atoms with Gasteiger partial charge < -0.3 is 14.5 Å². The van der Waals surface area contributed by atoms with Gasteiger partial charge in [-0.1, -0.05) is 92.0 Å². The molecule has 0 saturated heterocycles. The Balaban J connectivity index is 2.42. The van der Waals surface area contributed by atoms with Gasteiger partial charge in [-0.3, -0.25) is 0 Å². The largest absolute Gasteiger partial charge is 0.455 e. The highest BCUT2D eigenvalue weighted by Crippen LogP contribution is 2.53. The molecule has 3 rings (SSSR count). The minimum atomic E-state index is -0.299. The molecule has 0 atom stereocenters. The lowest BCUT2D eigenvalue weighted by Crippen LogP contribution is -2.34. The second-order valence-corrected chi connectivity index (χ2v) is 13.8. The van der Waals surface area contributed by atoms with Crippen LogP contribution in [0.15, 0.2) is 24.3 Å². The van der Waals surface area contributed by atoms with Crippen molar-refractivity contribution in [3.8, 4) is 11.5 Å². The van der Waals surface area contributed by atoms with Crippen molar-refractivity contribution < 1.29 is 4.74 Å². The Morgan fingerprint density at radius 2 is 0.974 bits per heavy atom. The molecule has 0 spiro atoms. The summed E-state index contributed by atoms with van der Waals surface area (Å²) in [6.07, 6.45) is 0. The number of fused-ring (bicyclic) bond motifs is 2. The molecule has 2 aromatic rings. The maximum atomic E-state index is 7.00. The number of rotatable bonds is 6. The van der Waals surface area contributed by atoms with Crippen molar-refractivity contribution in [3.05, 3.63) is 57.6 Å². The van der Waals surface area contributed by atoms with Crippen LogP contribution in [-0.4, -0.2) is 46.0 Å². The highest BCUT2D eigenvalue weighted by Gasteiger charge is 2.40. The molecule has 0 aromatic heterocycles. The molecule has 0 N–H and O–H groups in total. The summed E-state index contributed by atoms with van der Waals surface area (Å²) in [7, 11) is 0. The monoisotopic (exact) mass is 552 g/mol. The predicted molar refractivity (Wildman–Crippen MR) is 172 cm³/mol. The zero-order valence-electron chi connectivity index (χ0n) is 25.8. The molecule has 1 aliphatic rings. The van der Waals surface area contributed by atoms with Gasteiger partial charge in [0.15, 0.2) is 0 Å². The van der Waals surface area contributed by atoms with E-state index in [-0.39, 0.29) is 16.2 Å². The molecule has 208 valence electrons. The first kappa shape index (κ1) is 30.6. The smallest absolute Gasteiger partial charge is 0.141 e. The number of benzene rings is 2. The van der Waals surface area contributed by atoms with Gasteiger partial charge in [0.25, 0.3) is 0 Å². The summed E-state index contributed by atoms with van der Waals surface area (Å²) in [4.78, 5) is 6.17. The van der Waals surface area contributed by atoms with Crippen LogP contribution in [-0.2, 0) is 16.2 Å². The van der Waals surface area contributed by atoms with Crippen molar-refractivity contribution in [3.63, 3.8) is 0 Å². The van der Waals surface area contributed by atoms with Crippen molar-refractivity contribution in [1.29, 1.82) is 0 Å². The molecular formula is C33H48N2OS2. The van der Waals surface area contributed by atoms with Crippen LogP contribution in [0.5, 0.6) is 11.5 Å². The molecule has 0 unspecified atom stereocenters. The average Bonchev–Trinajstić information content (AvgIpc) is 2.83. The van der Waals surface area contributed by atoms with Crippen molar-refractivity contribution >= 4 is 34.4 Å². The number of thiocarbonyl (C=S) groups is 2. The molecule has 38 heavy (non-hydrogen) atoms. The lowest BCUT2D eigenvalue weighted by Gasteiger charge is -2.40. The van der Waals surface area contributed by atoms with E-state index in [1.165, 1.54) is 22.3 Å². The average molecular weight is 553 g/mol. The molecule has 5 heteroatoms. The Labute approximate surface area is 242 Å². The van der Waals surface area contributed by atoms with Gasteiger partial charge in [0.1, 0.15) is 21.5 Å². The third kappa shape index (κ3) is 5.51. The van der Waals surface area contributed by atoms with Crippen LogP contribution in [0, 0.1) is 0 Å². The quantitative estimate of drug-likeness (QED) is 0.332. The van der Waals surface area contributed by atoms with Gasteiger partial charge in [-0.2, -0.15) is 0 Å². The van der Waals surface area contributed by atoms with Crippen LogP contribution < -0.4 is 4.74 Å². The Morgan fingerprint density at radius 1 is 0.658 bits per heavy atom. The predicted octanol–water partition coefficient (Wildman–Crippen LogP) is 8.75. The van der Waals surface area contributed by atoms with Gasteiger partial charge in [0.2, 0.25) is 0 Å². The van der Waals surface area contributed by atoms with Crippen molar-refractivity contribution in [2.75, 3.05) is 26.2 Å². The summed E-state index contributed by atoms with van der Waals surface area (Å²) in [5.41, 5.74) is 6.57. The standard InChI is InChI=1S/C33H48N2OS2/c1-13-34(14-2)29(37)23-17-21(31(5,6)7)19-25-27(23)36-28-24(30(38)35(15-3)16-4)18-22(32(8,9)10)20-26(28)33(25,11)12/h17-20H,13-16H2,1-12H3. The summed E-state index contributed by atoms with van der Waals surface area (Å²) >= 11 is 12.3. The highest BCUT2D eigenvalue weighted by atomic mass is 32.1. The zero-order valence-corrected chi connectivity index (χ0v) is 27.4. The normalized spacial score (nSPS) is 14.3. The second-order valence-electron chi connectivity index (χ2n) is 13.0. The Hall–Kier alpha value is -1.98. The van der Waals surface area contributed by atoms with E-state index >= 15 is 0 Å². The first-order chi connectivity index (χ1) is 17.5. The van der Waals surface area contributed by atoms with Gasteiger partial charge in [-0.25, -0.2) is 0 Å². The van der Waals surface area contributed by atoms with Crippen molar-refractivity contribution in [2.24, 2.45) is 0 Å². The molecular weight excluding hydrogens is 505 g/mol. The van der Waals surface area contributed by atoms with Gasteiger partial charge in [0.05, 0.1) is 11.1 Å². The van der Waals surface area contributed by atoms with Gasteiger partial charge >= 0.3 is 0 Å². The van der Waals surface area contributed by atoms with E-state index < -0.39 is 0 Å². The van der Waals surface area contributed by atoms with E-state index in [2.05, 4.69) is 117 Å². The molecule has 0 radical (unpaired) electrons. The summed E-state index contributed by atoms with van der Waals surface area (Å²) in [6.45, 7) is 30.3. The van der Waals surface area contributed by atoms with Gasteiger partial charge in [0, 0.05) is 42.7 Å².